The largest absolute Gasteiger partial charge is 0.480 e. The molecule has 0 fully saturated rings. The molecular formula is C16H25BrN2O2. The molecule has 118 valence electrons. The number of ether oxygens (including phenoxy) is 1. The minimum atomic E-state index is -0.521. The Morgan fingerprint density at radius 2 is 2.00 bits per heavy atom. The molecule has 0 heterocycles. The minimum absolute atomic E-state index is 0.0956. The van der Waals surface area contributed by atoms with Gasteiger partial charge in [0, 0.05) is 22.6 Å². The van der Waals surface area contributed by atoms with Gasteiger partial charge < -0.3 is 15.4 Å². The number of carbonyl (C=O) groups is 1. The Bertz CT molecular complexity index is 489. The molecule has 4 nitrogen and oxygen atoms in total. The van der Waals surface area contributed by atoms with Crippen molar-refractivity contribution < 1.29 is 9.53 Å². The molecule has 0 aliphatic rings. The first-order valence-electron chi connectivity index (χ1n) is 7.31. The standard InChI is InChI=1S/C16H25BrN2O2/c1-6-18-9-13-8-14(17)7-11(4)15(13)21-12(5)16(20)19-10(2)3/h7-8,10,12,18H,6,9H2,1-5H3,(H,19,20). The molecule has 1 aromatic rings. The number of nitrogens with one attached hydrogen (secondary N) is 2. The summed E-state index contributed by atoms with van der Waals surface area (Å²) >= 11 is 3.50. The summed E-state index contributed by atoms with van der Waals surface area (Å²) in [6, 6.07) is 4.13. The second-order valence-electron chi connectivity index (χ2n) is 5.41. The van der Waals surface area contributed by atoms with Crippen LogP contribution in [0.15, 0.2) is 16.6 Å². The van der Waals surface area contributed by atoms with Crippen molar-refractivity contribution in [1.29, 1.82) is 0 Å². The summed E-state index contributed by atoms with van der Waals surface area (Å²) in [5, 5.41) is 6.16. The fourth-order valence-corrected chi connectivity index (χ4v) is 2.61. The molecule has 0 aliphatic heterocycles. The van der Waals surface area contributed by atoms with Crippen LogP contribution in [-0.4, -0.2) is 24.6 Å². The van der Waals surface area contributed by atoms with E-state index in [1.165, 1.54) is 0 Å². The molecule has 21 heavy (non-hydrogen) atoms. The predicted octanol–water partition coefficient (Wildman–Crippen LogP) is 3.16. The molecule has 0 radical (unpaired) electrons. The van der Waals surface area contributed by atoms with Crippen molar-refractivity contribution in [2.75, 3.05) is 6.54 Å². The molecule has 1 unspecified atom stereocenters. The number of hydrogen-bond donors (Lipinski definition) is 2. The van der Waals surface area contributed by atoms with Crippen LogP contribution in [0.25, 0.3) is 0 Å². The van der Waals surface area contributed by atoms with Crippen molar-refractivity contribution in [3.8, 4) is 5.75 Å². The van der Waals surface area contributed by atoms with Gasteiger partial charge in [0.25, 0.3) is 5.91 Å². The van der Waals surface area contributed by atoms with Gasteiger partial charge in [0.15, 0.2) is 6.10 Å². The maximum absolute atomic E-state index is 12.0. The van der Waals surface area contributed by atoms with Crippen LogP contribution in [0.1, 0.15) is 38.8 Å². The Labute approximate surface area is 135 Å². The predicted molar refractivity (Wildman–Crippen MR) is 89.6 cm³/mol. The second kappa shape index (κ2) is 8.39. The monoisotopic (exact) mass is 356 g/mol. The van der Waals surface area contributed by atoms with Crippen molar-refractivity contribution in [2.45, 2.75) is 53.3 Å². The third kappa shape index (κ3) is 5.67. The number of benzene rings is 1. The third-order valence-electron chi connectivity index (χ3n) is 2.98. The van der Waals surface area contributed by atoms with E-state index < -0.39 is 6.10 Å². The Balaban J connectivity index is 2.92. The summed E-state index contributed by atoms with van der Waals surface area (Å²) in [7, 11) is 0. The van der Waals surface area contributed by atoms with E-state index in [0.717, 1.165) is 27.9 Å². The highest BCUT2D eigenvalue weighted by Crippen LogP contribution is 2.29. The molecule has 2 N–H and O–H groups in total. The average molecular weight is 357 g/mol. The number of aryl methyl sites for hydroxylation is 1. The van der Waals surface area contributed by atoms with Crippen LogP contribution in [0.3, 0.4) is 0 Å². The lowest BCUT2D eigenvalue weighted by molar-refractivity contribution is -0.127. The fraction of sp³-hybridized carbons (Fsp3) is 0.562. The van der Waals surface area contributed by atoms with Crippen LogP contribution in [0.4, 0.5) is 0 Å². The van der Waals surface area contributed by atoms with Crippen molar-refractivity contribution in [1.82, 2.24) is 10.6 Å². The van der Waals surface area contributed by atoms with E-state index in [9.17, 15) is 4.79 Å². The van der Waals surface area contributed by atoms with Gasteiger partial charge in [-0.25, -0.2) is 0 Å². The average Bonchev–Trinajstić information content (AvgIpc) is 2.38. The molecule has 0 aliphatic carbocycles. The summed E-state index contributed by atoms with van der Waals surface area (Å²) in [5.41, 5.74) is 2.06. The summed E-state index contributed by atoms with van der Waals surface area (Å²) in [5.74, 6) is 0.687. The van der Waals surface area contributed by atoms with Gasteiger partial charge in [-0.2, -0.15) is 0 Å². The Morgan fingerprint density at radius 3 is 2.57 bits per heavy atom. The molecule has 0 saturated carbocycles. The van der Waals surface area contributed by atoms with Crippen LogP contribution >= 0.6 is 15.9 Å². The molecule has 1 amide bonds. The zero-order valence-corrected chi connectivity index (χ0v) is 15.0. The summed E-state index contributed by atoms with van der Waals surface area (Å²) in [6.07, 6.45) is -0.521. The topological polar surface area (TPSA) is 50.4 Å². The first-order valence-corrected chi connectivity index (χ1v) is 8.11. The molecule has 1 rings (SSSR count). The first kappa shape index (κ1) is 18.0. The summed E-state index contributed by atoms with van der Waals surface area (Å²) in [6.45, 7) is 11.3. The third-order valence-corrected chi connectivity index (χ3v) is 3.43. The van der Waals surface area contributed by atoms with Crippen molar-refractivity contribution in [2.24, 2.45) is 0 Å². The van der Waals surface area contributed by atoms with Crippen LogP contribution < -0.4 is 15.4 Å². The second-order valence-corrected chi connectivity index (χ2v) is 6.33. The normalized spacial score (nSPS) is 12.3. The lowest BCUT2D eigenvalue weighted by Gasteiger charge is -2.20. The number of carbonyl (C=O) groups excluding carboxylic acids is 1. The van der Waals surface area contributed by atoms with Gasteiger partial charge in [0.05, 0.1) is 0 Å². The number of amides is 1. The Morgan fingerprint density at radius 1 is 1.33 bits per heavy atom. The lowest BCUT2D eigenvalue weighted by Crippen LogP contribution is -2.40. The van der Waals surface area contributed by atoms with Gasteiger partial charge in [-0.05, 0) is 51.9 Å². The lowest BCUT2D eigenvalue weighted by atomic mass is 10.1. The van der Waals surface area contributed by atoms with Crippen molar-refractivity contribution >= 4 is 21.8 Å². The zero-order valence-electron chi connectivity index (χ0n) is 13.4. The van der Waals surface area contributed by atoms with Gasteiger partial charge in [-0.3, -0.25) is 4.79 Å². The number of rotatable bonds is 7. The van der Waals surface area contributed by atoms with Gasteiger partial charge in [-0.15, -0.1) is 0 Å². The quantitative estimate of drug-likeness (QED) is 0.788. The van der Waals surface area contributed by atoms with Gasteiger partial charge >= 0.3 is 0 Å². The highest BCUT2D eigenvalue weighted by atomic mass is 79.9. The highest BCUT2D eigenvalue weighted by molar-refractivity contribution is 9.10. The van der Waals surface area contributed by atoms with Gasteiger partial charge in [0.1, 0.15) is 5.75 Å². The maximum Gasteiger partial charge on any atom is 0.260 e. The minimum Gasteiger partial charge on any atom is -0.480 e. The van der Waals surface area contributed by atoms with Gasteiger partial charge in [0.2, 0.25) is 0 Å². The summed E-state index contributed by atoms with van der Waals surface area (Å²) in [4.78, 5) is 12.0. The smallest absolute Gasteiger partial charge is 0.260 e. The van der Waals surface area contributed by atoms with Crippen LogP contribution in [0, 0.1) is 6.92 Å². The molecule has 0 spiro atoms. The Hall–Kier alpha value is -1.07. The van der Waals surface area contributed by atoms with E-state index >= 15 is 0 Å². The highest BCUT2D eigenvalue weighted by Gasteiger charge is 2.18. The molecule has 5 heteroatoms. The maximum atomic E-state index is 12.0. The molecular weight excluding hydrogens is 332 g/mol. The first-order chi connectivity index (χ1) is 9.85. The van der Waals surface area contributed by atoms with E-state index in [4.69, 9.17) is 4.74 Å². The molecule has 1 aromatic carbocycles. The molecule has 0 saturated heterocycles. The number of hydrogen-bond acceptors (Lipinski definition) is 3. The molecule has 1 atom stereocenters. The van der Waals surface area contributed by atoms with E-state index in [1.807, 2.05) is 32.9 Å². The summed E-state index contributed by atoms with van der Waals surface area (Å²) < 4.78 is 6.93. The van der Waals surface area contributed by atoms with E-state index in [1.54, 1.807) is 6.92 Å². The van der Waals surface area contributed by atoms with E-state index in [2.05, 4.69) is 33.5 Å². The molecule has 0 aromatic heterocycles. The van der Waals surface area contributed by atoms with Crippen LogP contribution in [0.2, 0.25) is 0 Å². The SMILES string of the molecule is CCNCc1cc(Br)cc(C)c1OC(C)C(=O)NC(C)C. The fourth-order valence-electron chi connectivity index (χ4n) is 1.99. The molecule has 0 bridgehead atoms. The van der Waals surface area contributed by atoms with Crippen molar-refractivity contribution in [3.05, 3.63) is 27.7 Å². The van der Waals surface area contributed by atoms with Crippen LogP contribution in [0.5, 0.6) is 5.75 Å². The Kier molecular flexibility index (Phi) is 7.18. The van der Waals surface area contributed by atoms with E-state index in [-0.39, 0.29) is 11.9 Å². The van der Waals surface area contributed by atoms with Crippen molar-refractivity contribution in [3.63, 3.8) is 0 Å². The van der Waals surface area contributed by atoms with Gasteiger partial charge in [-0.1, -0.05) is 22.9 Å². The van der Waals surface area contributed by atoms with E-state index in [0.29, 0.717) is 6.54 Å². The number of halogens is 1. The zero-order chi connectivity index (χ0) is 16.0. The van der Waals surface area contributed by atoms with Crippen LogP contribution in [-0.2, 0) is 11.3 Å².